The van der Waals surface area contributed by atoms with Crippen LogP contribution in [-0.2, 0) is 0 Å². The largest absolute Gasteiger partial charge is 0.122 e. The predicted octanol–water partition coefficient (Wildman–Crippen LogP) is 13.3. The summed E-state index contributed by atoms with van der Waals surface area (Å²) in [5, 5.41) is 0. The van der Waals surface area contributed by atoms with E-state index in [0.717, 1.165) is 0 Å². The molecule has 6 aromatic rings. The van der Waals surface area contributed by atoms with E-state index in [9.17, 15) is 0 Å². The first-order valence-electron chi connectivity index (χ1n) is 10.4. The molecular weight excluding hydrogens is 673 g/mol. The molecule has 12 bridgehead atoms. The van der Waals surface area contributed by atoms with Crippen molar-refractivity contribution in [3.05, 3.63) is 72.8 Å². The van der Waals surface area contributed by atoms with Crippen LogP contribution in [0.25, 0.3) is 0 Å². The van der Waals surface area contributed by atoms with Crippen molar-refractivity contribution in [1.82, 2.24) is 0 Å². The smallest absolute Gasteiger partial charge is 0.0666 e. The Morgan fingerprint density at radius 3 is 0.417 bits per heavy atom. The number of hydrogen-bond acceptors (Lipinski definition) is 12. The van der Waals surface area contributed by atoms with Crippen LogP contribution in [0.15, 0.2) is 123 Å². The fraction of sp³-hybridized carbons (Fsp3) is 0. The zero-order valence-corrected chi connectivity index (χ0v) is 27.6. The quantitative estimate of drug-likeness (QED) is 0.155. The van der Waals surface area contributed by atoms with Gasteiger partial charge in [0.05, 0.1) is 50.5 Å². The van der Waals surface area contributed by atoms with Crippen LogP contribution in [0, 0.1) is 0 Å². The van der Waals surface area contributed by atoms with E-state index in [2.05, 4.69) is 72.8 Å². The molecule has 0 unspecified atom stereocenters. The van der Waals surface area contributed by atoms with E-state index < -0.39 is 0 Å². The van der Waals surface area contributed by atoms with Gasteiger partial charge in [0.2, 0.25) is 0 Å². The summed E-state index contributed by atoms with van der Waals surface area (Å²) in [6.45, 7) is 0. The molecule has 0 radical (unpaired) electrons. The molecular formula is C24H12S12. The molecule has 36 heavy (non-hydrogen) atoms. The van der Waals surface area contributed by atoms with Gasteiger partial charge in [-0.2, -0.15) is 0 Å². The van der Waals surface area contributed by atoms with Crippen molar-refractivity contribution >= 4 is 139 Å². The van der Waals surface area contributed by atoms with Crippen molar-refractivity contribution in [3.8, 4) is 0 Å². The third-order valence-electron chi connectivity index (χ3n) is 4.55. The van der Waals surface area contributed by atoms with Gasteiger partial charge in [0.1, 0.15) is 0 Å². The molecule has 7 heterocycles. The summed E-state index contributed by atoms with van der Waals surface area (Å²) in [7, 11) is 0. The third-order valence-corrected chi connectivity index (χ3v) is 18.6. The van der Waals surface area contributed by atoms with Gasteiger partial charge in [0.25, 0.3) is 0 Å². The summed E-state index contributed by atoms with van der Waals surface area (Å²) in [6, 6.07) is 27.1. The Hall–Kier alpha value is 0.300. The molecule has 6 aromatic heterocycles. The molecule has 0 aromatic carbocycles. The number of thiophene rings is 6. The standard InChI is InChI=1S/C24H12S12/c1-2-14-25-13(1)31-15-3-4-17(26-15)33-19-7-8-21(28-19)35-23-11-12-24(30-23)36-22-10-9-20(29-22)34-18-6-5-16(27-18)32-14/h1-12H. The van der Waals surface area contributed by atoms with Gasteiger partial charge in [-0.1, -0.05) is 70.6 Å². The highest BCUT2D eigenvalue weighted by molar-refractivity contribution is 8.08. The minimum Gasteiger partial charge on any atom is -0.122 e. The third kappa shape index (κ3) is 6.20. The first-order chi connectivity index (χ1) is 17.7. The van der Waals surface area contributed by atoms with Crippen molar-refractivity contribution < 1.29 is 0 Å². The second-order valence-corrected chi connectivity index (χ2v) is 23.2. The summed E-state index contributed by atoms with van der Waals surface area (Å²) in [4.78, 5) is 0. The van der Waals surface area contributed by atoms with Crippen LogP contribution in [0.4, 0.5) is 0 Å². The molecule has 0 aliphatic carbocycles. The molecule has 0 spiro atoms. The summed E-state index contributed by atoms with van der Waals surface area (Å²) in [6.07, 6.45) is 0. The van der Waals surface area contributed by atoms with Gasteiger partial charge in [0, 0.05) is 0 Å². The van der Waals surface area contributed by atoms with Gasteiger partial charge < -0.3 is 0 Å². The van der Waals surface area contributed by atoms with Crippen molar-refractivity contribution in [2.24, 2.45) is 0 Å². The average Bonchev–Trinajstić information content (AvgIpc) is 3.68. The van der Waals surface area contributed by atoms with E-state index in [-0.39, 0.29) is 0 Å². The van der Waals surface area contributed by atoms with Gasteiger partial charge in [0.15, 0.2) is 0 Å². The molecule has 1 aliphatic rings. The lowest BCUT2D eigenvalue weighted by Crippen LogP contribution is -1.58. The summed E-state index contributed by atoms with van der Waals surface area (Å²) in [5.74, 6) is 0. The summed E-state index contributed by atoms with van der Waals surface area (Å²) >= 11 is 22.6. The maximum atomic E-state index is 2.26. The highest BCUT2D eigenvalue weighted by atomic mass is 32.2. The monoisotopic (exact) mass is 684 g/mol. The predicted molar refractivity (Wildman–Crippen MR) is 171 cm³/mol. The van der Waals surface area contributed by atoms with Crippen LogP contribution in [-0.4, -0.2) is 0 Å². The second-order valence-electron chi connectivity index (χ2n) is 7.05. The fourth-order valence-electron chi connectivity index (χ4n) is 3.07. The first kappa shape index (κ1) is 25.3. The zero-order valence-electron chi connectivity index (χ0n) is 17.8. The Kier molecular flexibility index (Phi) is 8.02. The van der Waals surface area contributed by atoms with Crippen molar-refractivity contribution in [2.45, 2.75) is 50.5 Å². The molecule has 0 fully saturated rings. The maximum absolute atomic E-state index is 2.26. The Morgan fingerprint density at radius 1 is 0.194 bits per heavy atom. The second kappa shape index (κ2) is 11.4. The Bertz CT molecular complexity index is 1210. The van der Waals surface area contributed by atoms with Gasteiger partial charge in [-0.25, -0.2) is 0 Å². The van der Waals surface area contributed by atoms with Crippen LogP contribution >= 0.6 is 139 Å². The van der Waals surface area contributed by atoms with Crippen molar-refractivity contribution in [2.75, 3.05) is 0 Å². The van der Waals surface area contributed by atoms with E-state index in [1.165, 1.54) is 50.5 Å². The molecule has 0 saturated heterocycles. The van der Waals surface area contributed by atoms with Crippen LogP contribution in [0.3, 0.4) is 0 Å². The highest BCUT2D eigenvalue weighted by Gasteiger charge is 2.13. The van der Waals surface area contributed by atoms with Crippen molar-refractivity contribution in [3.63, 3.8) is 0 Å². The SMILES string of the molecule is c1cc2sc1Sc1ccc(s1)Sc1ccc(s1)Sc1ccc(s1)Sc1ccc(s1)Sc1ccc(s1)S2. The lowest BCUT2D eigenvalue weighted by atomic mass is 10.7. The fourth-order valence-corrected chi connectivity index (χ4v) is 19.1. The Balaban J connectivity index is 1.18. The van der Waals surface area contributed by atoms with Crippen LogP contribution in [0.1, 0.15) is 0 Å². The molecule has 12 heteroatoms. The summed E-state index contributed by atoms with van der Waals surface area (Å²) < 4.78 is 16.2. The van der Waals surface area contributed by atoms with E-state index in [0.29, 0.717) is 0 Å². The van der Waals surface area contributed by atoms with Gasteiger partial charge in [-0.3, -0.25) is 0 Å². The van der Waals surface area contributed by atoms with Gasteiger partial charge in [-0.15, -0.1) is 68.0 Å². The van der Waals surface area contributed by atoms with E-state index in [1.54, 1.807) is 0 Å². The lowest BCUT2D eigenvalue weighted by Gasteiger charge is -1.96. The average molecular weight is 685 g/mol. The normalized spacial score (nSPS) is 14.0. The maximum Gasteiger partial charge on any atom is 0.0666 e. The molecule has 0 amide bonds. The molecule has 7 rings (SSSR count). The zero-order chi connectivity index (χ0) is 23.9. The number of rotatable bonds is 0. The highest BCUT2D eigenvalue weighted by Crippen LogP contribution is 2.49. The van der Waals surface area contributed by atoms with E-state index in [4.69, 9.17) is 0 Å². The molecule has 0 N–H and O–H groups in total. The Morgan fingerprint density at radius 2 is 0.306 bits per heavy atom. The van der Waals surface area contributed by atoms with Crippen LogP contribution in [0.5, 0.6) is 0 Å². The van der Waals surface area contributed by atoms with E-state index in [1.807, 2.05) is 139 Å². The number of hydrogen-bond donors (Lipinski definition) is 0. The molecule has 0 nitrogen and oxygen atoms in total. The lowest BCUT2D eigenvalue weighted by molar-refractivity contribution is 1.61. The topological polar surface area (TPSA) is 0 Å². The first-order valence-corrected chi connectivity index (χ1v) is 20.2. The minimum absolute atomic E-state index is 1.35. The van der Waals surface area contributed by atoms with Gasteiger partial charge >= 0.3 is 0 Å². The van der Waals surface area contributed by atoms with Crippen LogP contribution in [0.2, 0.25) is 0 Å². The van der Waals surface area contributed by atoms with Gasteiger partial charge in [-0.05, 0) is 72.8 Å². The van der Waals surface area contributed by atoms with E-state index >= 15 is 0 Å². The molecule has 180 valence electrons. The molecule has 0 atom stereocenters. The summed E-state index contributed by atoms with van der Waals surface area (Å²) in [5.41, 5.74) is 0. The Labute approximate surface area is 258 Å². The molecule has 1 aliphatic heterocycles. The minimum atomic E-state index is 1.35. The van der Waals surface area contributed by atoms with Crippen molar-refractivity contribution in [1.29, 1.82) is 0 Å². The molecule has 0 saturated carbocycles. The van der Waals surface area contributed by atoms with Crippen LogP contribution < -0.4 is 0 Å². The number of fused-ring (bicyclic) bond motifs is 12.